The van der Waals surface area contributed by atoms with E-state index < -0.39 is 0 Å². The molecule has 2 nitrogen and oxygen atoms in total. The number of amides is 1. The minimum atomic E-state index is 0.244. The number of anilines is 1. The molecule has 1 aromatic carbocycles. The molecular formula is C15H20ClNO. The number of benzene rings is 1. The van der Waals surface area contributed by atoms with Crippen molar-refractivity contribution < 1.29 is 4.79 Å². The van der Waals surface area contributed by atoms with Gasteiger partial charge in [0.2, 0.25) is 5.91 Å². The molecule has 0 N–H and O–H groups in total. The first-order valence-electron chi connectivity index (χ1n) is 6.67. The topological polar surface area (TPSA) is 20.3 Å². The summed E-state index contributed by atoms with van der Waals surface area (Å²) >= 11 is 5.77. The fourth-order valence-corrected chi connectivity index (χ4v) is 2.88. The Morgan fingerprint density at radius 3 is 2.94 bits per heavy atom. The summed E-state index contributed by atoms with van der Waals surface area (Å²) in [5, 5.41) is 0. The number of fused-ring (bicyclic) bond motifs is 1. The summed E-state index contributed by atoms with van der Waals surface area (Å²) in [5.41, 5.74) is 3.65. The smallest absolute Gasteiger partial charge is 0.227 e. The van der Waals surface area contributed by atoms with E-state index in [-0.39, 0.29) is 11.9 Å². The van der Waals surface area contributed by atoms with Crippen molar-refractivity contribution in [2.75, 3.05) is 10.8 Å². The average Bonchev–Trinajstić information content (AvgIpc) is 2.65. The number of halogens is 1. The molecule has 0 aliphatic carbocycles. The van der Waals surface area contributed by atoms with Gasteiger partial charge in [0.05, 0.1) is 0 Å². The molecule has 1 heterocycles. The van der Waals surface area contributed by atoms with Crippen LogP contribution >= 0.6 is 11.6 Å². The molecule has 1 amide bonds. The van der Waals surface area contributed by atoms with Gasteiger partial charge in [-0.1, -0.05) is 19.1 Å². The fourth-order valence-electron chi connectivity index (χ4n) is 2.66. The van der Waals surface area contributed by atoms with E-state index in [4.69, 9.17) is 11.6 Å². The van der Waals surface area contributed by atoms with Gasteiger partial charge in [-0.15, -0.1) is 11.6 Å². The van der Waals surface area contributed by atoms with E-state index in [1.165, 1.54) is 11.1 Å². The number of aryl methyl sites for hydroxylation is 1. The maximum Gasteiger partial charge on any atom is 0.227 e. The third-order valence-electron chi connectivity index (χ3n) is 3.48. The Balaban J connectivity index is 2.26. The molecule has 0 radical (unpaired) electrons. The quantitative estimate of drug-likeness (QED) is 0.763. The highest BCUT2D eigenvalue weighted by Crippen LogP contribution is 2.33. The summed E-state index contributed by atoms with van der Waals surface area (Å²) in [6.07, 6.45) is 3.39. The van der Waals surface area contributed by atoms with Crippen LogP contribution in [0.1, 0.15) is 37.8 Å². The first-order chi connectivity index (χ1) is 8.67. The first kappa shape index (κ1) is 13.4. The van der Waals surface area contributed by atoms with Gasteiger partial charge in [-0.25, -0.2) is 0 Å². The zero-order chi connectivity index (χ0) is 13.1. The Kier molecular flexibility index (Phi) is 4.28. The Bertz CT molecular complexity index is 444. The van der Waals surface area contributed by atoms with Crippen LogP contribution in [-0.2, 0) is 17.6 Å². The van der Waals surface area contributed by atoms with Crippen molar-refractivity contribution in [1.29, 1.82) is 0 Å². The first-order valence-corrected chi connectivity index (χ1v) is 7.20. The van der Waals surface area contributed by atoms with Crippen LogP contribution in [0.25, 0.3) is 0 Å². The molecule has 0 saturated heterocycles. The van der Waals surface area contributed by atoms with Gasteiger partial charge >= 0.3 is 0 Å². The molecule has 0 fully saturated rings. The molecule has 18 heavy (non-hydrogen) atoms. The Morgan fingerprint density at radius 2 is 2.28 bits per heavy atom. The van der Waals surface area contributed by atoms with Crippen LogP contribution in [0.4, 0.5) is 5.69 Å². The molecule has 1 aromatic rings. The number of rotatable bonds is 4. The molecule has 1 atom stereocenters. The van der Waals surface area contributed by atoms with Gasteiger partial charge in [0.25, 0.3) is 0 Å². The van der Waals surface area contributed by atoms with E-state index in [0.717, 1.165) is 24.9 Å². The molecule has 0 saturated carbocycles. The van der Waals surface area contributed by atoms with Crippen molar-refractivity contribution >= 4 is 23.2 Å². The lowest BCUT2D eigenvalue weighted by Gasteiger charge is -2.22. The van der Waals surface area contributed by atoms with Crippen LogP contribution in [-0.4, -0.2) is 17.8 Å². The molecule has 1 aliphatic rings. The minimum absolute atomic E-state index is 0.244. The summed E-state index contributed by atoms with van der Waals surface area (Å²) in [6.45, 7) is 4.16. The van der Waals surface area contributed by atoms with Gasteiger partial charge in [0.1, 0.15) is 0 Å². The lowest BCUT2D eigenvalue weighted by Crippen LogP contribution is -2.35. The van der Waals surface area contributed by atoms with Crippen molar-refractivity contribution in [1.82, 2.24) is 0 Å². The fraction of sp³-hybridized carbons (Fsp3) is 0.533. The van der Waals surface area contributed by atoms with Gasteiger partial charge in [-0.2, -0.15) is 0 Å². The van der Waals surface area contributed by atoms with Crippen LogP contribution in [0.5, 0.6) is 0 Å². The van der Waals surface area contributed by atoms with Crippen molar-refractivity contribution in [3.63, 3.8) is 0 Å². The van der Waals surface area contributed by atoms with E-state index in [1.807, 2.05) is 11.8 Å². The third-order valence-corrected chi connectivity index (χ3v) is 3.66. The number of hydrogen-bond donors (Lipinski definition) is 0. The van der Waals surface area contributed by atoms with E-state index >= 15 is 0 Å². The number of alkyl halides is 1. The Morgan fingerprint density at radius 1 is 1.50 bits per heavy atom. The van der Waals surface area contributed by atoms with Crippen LogP contribution in [0.15, 0.2) is 18.2 Å². The lowest BCUT2D eigenvalue weighted by molar-refractivity contribution is -0.118. The summed E-state index contributed by atoms with van der Waals surface area (Å²) in [4.78, 5) is 14.1. The maximum absolute atomic E-state index is 12.1. The highest BCUT2D eigenvalue weighted by molar-refractivity contribution is 6.18. The largest absolute Gasteiger partial charge is 0.309 e. The molecule has 3 heteroatoms. The molecule has 0 spiro atoms. The van der Waals surface area contributed by atoms with Crippen LogP contribution in [0.3, 0.4) is 0 Å². The van der Waals surface area contributed by atoms with Crippen LogP contribution in [0, 0.1) is 0 Å². The van der Waals surface area contributed by atoms with Crippen LogP contribution < -0.4 is 4.90 Å². The van der Waals surface area contributed by atoms with E-state index in [9.17, 15) is 4.79 Å². The number of hydrogen-bond acceptors (Lipinski definition) is 1. The molecule has 1 unspecified atom stereocenters. The summed E-state index contributed by atoms with van der Waals surface area (Å²) in [7, 11) is 0. The number of carbonyl (C=O) groups is 1. The predicted molar refractivity (Wildman–Crippen MR) is 76.4 cm³/mol. The Hall–Kier alpha value is -1.02. The average molecular weight is 266 g/mol. The zero-order valence-corrected chi connectivity index (χ0v) is 11.8. The molecular weight excluding hydrogens is 246 g/mol. The maximum atomic E-state index is 12.1. The predicted octanol–water partition coefficient (Wildman–Crippen LogP) is 3.55. The molecule has 0 bridgehead atoms. The van der Waals surface area contributed by atoms with Crippen molar-refractivity contribution in [2.45, 2.75) is 45.6 Å². The zero-order valence-electron chi connectivity index (χ0n) is 11.1. The monoisotopic (exact) mass is 265 g/mol. The molecule has 1 aliphatic heterocycles. The van der Waals surface area contributed by atoms with Crippen molar-refractivity contribution in [3.8, 4) is 0 Å². The third kappa shape index (κ3) is 2.54. The molecule has 2 rings (SSSR count). The molecule has 0 aromatic heterocycles. The standard InChI is InChI=1S/C15H20ClNO/c1-3-4-15(18)17-11(2)9-13-10-12(7-8-16)5-6-14(13)17/h5-6,10-11H,3-4,7-9H2,1-2H3. The SMILES string of the molecule is CCCC(=O)N1c2ccc(CCCl)cc2CC1C. The van der Waals surface area contributed by atoms with E-state index in [0.29, 0.717) is 12.3 Å². The summed E-state index contributed by atoms with van der Waals surface area (Å²) in [6, 6.07) is 6.65. The lowest BCUT2D eigenvalue weighted by atomic mass is 10.1. The normalized spacial score (nSPS) is 17.9. The van der Waals surface area contributed by atoms with Gasteiger partial charge in [0, 0.05) is 24.0 Å². The minimum Gasteiger partial charge on any atom is -0.309 e. The van der Waals surface area contributed by atoms with E-state index in [2.05, 4.69) is 25.1 Å². The van der Waals surface area contributed by atoms with Gasteiger partial charge < -0.3 is 4.90 Å². The summed E-state index contributed by atoms with van der Waals surface area (Å²) < 4.78 is 0. The van der Waals surface area contributed by atoms with E-state index in [1.54, 1.807) is 0 Å². The highest BCUT2D eigenvalue weighted by Gasteiger charge is 2.30. The van der Waals surface area contributed by atoms with Gasteiger partial charge in [-0.05, 0) is 43.4 Å². The van der Waals surface area contributed by atoms with Gasteiger partial charge in [0.15, 0.2) is 0 Å². The van der Waals surface area contributed by atoms with Crippen LogP contribution in [0.2, 0.25) is 0 Å². The number of carbonyl (C=O) groups excluding carboxylic acids is 1. The Labute approximate surface area is 114 Å². The number of nitrogens with zero attached hydrogens (tertiary/aromatic N) is 1. The summed E-state index contributed by atoms with van der Waals surface area (Å²) in [5.74, 6) is 0.890. The van der Waals surface area contributed by atoms with Crippen molar-refractivity contribution in [3.05, 3.63) is 29.3 Å². The second kappa shape index (κ2) is 5.75. The second-order valence-corrected chi connectivity index (χ2v) is 5.35. The second-order valence-electron chi connectivity index (χ2n) is 4.97. The van der Waals surface area contributed by atoms with Gasteiger partial charge in [-0.3, -0.25) is 4.79 Å². The molecule has 98 valence electrons. The van der Waals surface area contributed by atoms with Crippen molar-refractivity contribution in [2.24, 2.45) is 0 Å². The highest BCUT2D eigenvalue weighted by atomic mass is 35.5.